The summed E-state index contributed by atoms with van der Waals surface area (Å²) in [6, 6.07) is 4.44. The number of rotatable bonds is 1. The second-order valence-electron chi connectivity index (χ2n) is 4.35. The SMILES string of the molecule is Nc1nc(N2CC(Cl)CC2=O)nc2cccc(F)c12. The molecular formula is C12H10ClFN4O. The molecule has 7 heteroatoms. The topological polar surface area (TPSA) is 72.1 Å². The second kappa shape index (κ2) is 4.31. The fraction of sp³-hybridized carbons (Fsp3) is 0.250. The molecule has 0 spiro atoms. The molecule has 0 radical (unpaired) electrons. The lowest BCUT2D eigenvalue weighted by atomic mass is 10.2. The highest BCUT2D eigenvalue weighted by molar-refractivity contribution is 6.24. The van der Waals surface area contributed by atoms with E-state index in [4.69, 9.17) is 17.3 Å². The van der Waals surface area contributed by atoms with Crippen LogP contribution < -0.4 is 10.6 Å². The number of hydrogen-bond donors (Lipinski definition) is 1. The van der Waals surface area contributed by atoms with E-state index in [1.54, 1.807) is 6.07 Å². The average Bonchev–Trinajstić information content (AvgIpc) is 2.68. The highest BCUT2D eigenvalue weighted by Gasteiger charge is 2.31. The van der Waals surface area contributed by atoms with E-state index < -0.39 is 5.82 Å². The van der Waals surface area contributed by atoms with Crippen LogP contribution in [0.25, 0.3) is 10.9 Å². The first-order valence-electron chi connectivity index (χ1n) is 5.72. The van der Waals surface area contributed by atoms with Gasteiger partial charge in [0, 0.05) is 13.0 Å². The fourth-order valence-corrected chi connectivity index (χ4v) is 2.40. The Labute approximate surface area is 113 Å². The van der Waals surface area contributed by atoms with Gasteiger partial charge in [0.05, 0.1) is 16.3 Å². The summed E-state index contributed by atoms with van der Waals surface area (Å²) in [5, 5.41) is -0.0964. The van der Waals surface area contributed by atoms with Crippen molar-refractivity contribution in [1.82, 2.24) is 9.97 Å². The molecule has 98 valence electrons. The Morgan fingerprint density at radius 3 is 2.89 bits per heavy atom. The normalized spacial score (nSPS) is 19.4. The van der Waals surface area contributed by atoms with Crippen molar-refractivity contribution in [1.29, 1.82) is 0 Å². The zero-order chi connectivity index (χ0) is 13.6. The number of anilines is 2. The summed E-state index contributed by atoms with van der Waals surface area (Å²) in [5.41, 5.74) is 6.11. The number of halogens is 2. The van der Waals surface area contributed by atoms with Gasteiger partial charge in [-0.05, 0) is 12.1 Å². The van der Waals surface area contributed by atoms with Gasteiger partial charge in [-0.1, -0.05) is 6.07 Å². The lowest BCUT2D eigenvalue weighted by Crippen LogP contribution is -2.27. The minimum absolute atomic E-state index is 0.0175. The smallest absolute Gasteiger partial charge is 0.234 e. The number of carbonyl (C=O) groups is 1. The number of aromatic nitrogens is 2. The van der Waals surface area contributed by atoms with Gasteiger partial charge in [0.15, 0.2) is 0 Å². The van der Waals surface area contributed by atoms with E-state index in [1.165, 1.54) is 17.0 Å². The molecule has 2 N–H and O–H groups in total. The van der Waals surface area contributed by atoms with E-state index in [1.807, 2.05) is 0 Å². The van der Waals surface area contributed by atoms with Crippen molar-refractivity contribution in [3.05, 3.63) is 24.0 Å². The van der Waals surface area contributed by atoms with Gasteiger partial charge >= 0.3 is 0 Å². The molecule has 0 bridgehead atoms. The number of amides is 1. The largest absolute Gasteiger partial charge is 0.383 e. The molecule has 1 unspecified atom stereocenters. The highest BCUT2D eigenvalue weighted by Crippen LogP contribution is 2.27. The molecular weight excluding hydrogens is 271 g/mol. The molecule has 1 amide bonds. The molecule has 1 fully saturated rings. The molecule has 1 aliphatic rings. The maximum absolute atomic E-state index is 13.6. The van der Waals surface area contributed by atoms with E-state index in [-0.39, 0.29) is 34.9 Å². The molecule has 1 aromatic carbocycles. The van der Waals surface area contributed by atoms with Gasteiger partial charge in [-0.2, -0.15) is 4.98 Å². The summed E-state index contributed by atoms with van der Waals surface area (Å²) in [5.74, 6) is -0.452. The van der Waals surface area contributed by atoms with Crippen molar-refractivity contribution in [2.75, 3.05) is 17.2 Å². The van der Waals surface area contributed by atoms with Gasteiger partial charge in [0.2, 0.25) is 11.9 Å². The van der Waals surface area contributed by atoms with E-state index in [2.05, 4.69) is 9.97 Å². The van der Waals surface area contributed by atoms with Crippen LogP contribution in [0.15, 0.2) is 18.2 Å². The Morgan fingerprint density at radius 2 is 2.21 bits per heavy atom. The Kier molecular flexibility index (Phi) is 2.74. The zero-order valence-corrected chi connectivity index (χ0v) is 10.6. The van der Waals surface area contributed by atoms with Crippen molar-refractivity contribution in [3.8, 4) is 0 Å². The molecule has 3 rings (SSSR count). The summed E-state index contributed by atoms with van der Waals surface area (Å²) in [7, 11) is 0. The van der Waals surface area contributed by atoms with Crippen LogP contribution in [0.4, 0.5) is 16.2 Å². The number of carbonyl (C=O) groups excluding carboxylic acids is 1. The van der Waals surface area contributed by atoms with E-state index in [0.29, 0.717) is 12.1 Å². The maximum atomic E-state index is 13.6. The lowest BCUT2D eigenvalue weighted by molar-refractivity contribution is -0.117. The third-order valence-corrected chi connectivity index (χ3v) is 3.30. The van der Waals surface area contributed by atoms with Crippen molar-refractivity contribution in [2.45, 2.75) is 11.8 Å². The van der Waals surface area contributed by atoms with Crippen LogP contribution in [0.2, 0.25) is 0 Å². The molecule has 5 nitrogen and oxygen atoms in total. The first-order valence-corrected chi connectivity index (χ1v) is 6.16. The molecule has 0 aliphatic carbocycles. The van der Waals surface area contributed by atoms with E-state index >= 15 is 0 Å². The van der Waals surface area contributed by atoms with Crippen LogP contribution in [0.3, 0.4) is 0 Å². The third kappa shape index (κ3) is 1.98. The van der Waals surface area contributed by atoms with Crippen molar-refractivity contribution in [3.63, 3.8) is 0 Å². The molecule has 1 atom stereocenters. The third-order valence-electron chi connectivity index (χ3n) is 3.01. The summed E-state index contributed by atoms with van der Waals surface area (Å²) in [6.07, 6.45) is 0.242. The molecule has 0 saturated carbocycles. The Hall–Kier alpha value is -1.95. The van der Waals surface area contributed by atoms with Crippen LogP contribution in [-0.4, -0.2) is 27.8 Å². The van der Waals surface area contributed by atoms with Crippen LogP contribution in [0, 0.1) is 5.82 Å². The molecule has 1 aliphatic heterocycles. The van der Waals surface area contributed by atoms with Gasteiger partial charge in [0.1, 0.15) is 11.6 Å². The highest BCUT2D eigenvalue weighted by atomic mass is 35.5. The number of benzene rings is 1. The first kappa shape index (κ1) is 12.1. The number of nitrogens with two attached hydrogens (primary N) is 1. The van der Waals surface area contributed by atoms with Crippen molar-refractivity contribution >= 4 is 40.2 Å². The van der Waals surface area contributed by atoms with Crippen LogP contribution in [0.5, 0.6) is 0 Å². The van der Waals surface area contributed by atoms with Crippen LogP contribution >= 0.6 is 11.6 Å². The van der Waals surface area contributed by atoms with Crippen molar-refractivity contribution in [2.24, 2.45) is 0 Å². The number of nitrogens with zero attached hydrogens (tertiary/aromatic N) is 3. The summed E-state index contributed by atoms with van der Waals surface area (Å²) in [4.78, 5) is 21.3. The van der Waals surface area contributed by atoms with E-state index in [0.717, 1.165) is 0 Å². The standard InChI is InChI=1S/C12H10ClFN4O/c13-6-4-9(19)18(5-6)12-16-8-3-1-2-7(14)10(8)11(15)17-12/h1-3,6H,4-5H2,(H2,15,16,17). The quantitative estimate of drug-likeness (QED) is 0.807. The lowest BCUT2D eigenvalue weighted by Gasteiger charge is -2.14. The van der Waals surface area contributed by atoms with Crippen molar-refractivity contribution < 1.29 is 9.18 Å². The number of fused-ring (bicyclic) bond motifs is 1. The monoisotopic (exact) mass is 280 g/mol. The number of hydrogen-bond acceptors (Lipinski definition) is 4. The zero-order valence-electron chi connectivity index (χ0n) is 9.81. The summed E-state index contributed by atoms with van der Waals surface area (Å²) >= 11 is 5.93. The maximum Gasteiger partial charge on any atom is 0.234 e. The summed E-state index contributed by atoms with van der Waals surface area (Å²) < 4.78 is 13.6. The predicted octanol–water partition coefficient (Wildman–Crippen LogP) is 1.70. The molecule has 1 saturated heterocycles. The predicted molar refractivity (Wildman–Crippen MR) is 70.5 cm³/mol. The van der Waals surface area contributed by atoms with Gasteiger partial charge < -0.3 is 5.73 Å². The summed E-state index contributed by atoms with van der Waals surface area (Å²) in [6.45, 7) is 0.334. The Bertz CT molecular complexity index is 678. The second-order valence-corrected chi connectivity index (χ2v) is 4.97. The molecule has 1 aromatic heterocycles. The molecule has 2 heterocycles. The van der Waals surface area contributed by atoms with E-state index in [9.17, 15) is 9.18 Å². The van der Waals surface area contributed by atoms with Gasteiger partial charge in [-0.25, -0.2) is 9.37 Å². The Morgan fingerprint density at radius 1 is 1.42 bits per heavy atom. The van der Waals surface area contributed by atoms with Crippen LogP contribution in [-0.2, 0) is 4.79 Å². The number of nitrogen functional groups attached to an aromatic ring is 1. The minimum atomic E-state index is -0.482. The van der Waals surface area contributed by atoms with Gasteiger partial charge in [0.25, 0.3) is 0 Å². The van der Waals surface area contributed by atoms with Crippen LogP contribution in [0.1, 0.15) is 6.42 Å². The molecule has 19 heavy (non-hydrogen) atoms. The van der Waals surface area contributed by atoms with Gasteiger partial charge in [-0.15, -0.1) is 11.6 Å². The first-order chi connectivity index (χ1) is 9.06. The number of alkyl halides is 1. The average molecular weight is 281 g/mol. The molecule has 2 aromatic rings. The Balaban J connectivity index is 2.14. The minimum Gasteiger partial charge on any atom is -0.383 e. The van der Waals surface area contributed by atoms with Gasteiger partial charge in [-0.3, -0.25) is 9.69 Å². The fourth-order valence-electron chi connectivity index (χ4n) is 2.13.